The van der Waals surface area contributed by atoms with Crippen LogP contribution in [0.3, 0.4) is 0 Å². The smallest absolute Gasteiger partial charge is 0.744 e. The Balaban J connectivity index is 0.00000308. The molecule has 0 bridgehead atoms. The summed E-state index contributed by atoms with van der Waals surface area (Å²) in [5, 5.41) is 41.1. The molecule has 0 aliphatic rings. The van der Waals surface area contributed by atoms with Gasteiger partial charge in [-0.15, -0.1) is 20.5 Å². The van der Waals surface area contributed by atoms with Crippen LogP contribution in [0, 0.1) is 0 Å². The van der Waals surface area contributed by atoms with Crippen LogP contribution in [-0.4, -0.2) is 63.3 Å². The fourth-order valence-electron chi connectivity index (χ4n) is 6.41. The van der Waals surface area contributed by atoms with Crippen molar-refractivity contribution in [2.45, 2.75) is 14.7 Å². The zero-order valence-electron chi connectivity index (χ0n) is 34.9. The molecular weight excluding hydrogens is 938 g/mol. The number of rotatable bonds is 12. The van der Waals surface area contributed by atoms with E-state index in [1.165, 1.54) is 38.5 Å². The van der Waals surface area contributed by atoms with Gasteiger partial charge < -0.3 is 44.4 Å². The number of hydrogen-bond donors (Lipinski definition) is 4. The summed E-state index contributed by atoms with van der Waals surface area (Å²) in [5.74, 6) is -1.31. The number of hydrogen-bond acceptors (Lipinski definition) is 19. The average molecular weight is 967 g/mol. The van der Waals surface area contributed by atoms with Crippen LogP contribution in [0.2, 0.25) is 0 Å². The van der Waals surface area contributed by atoms with E-state index < -0.39 is 73.6 Å². The average Bonchev–Trinajstić information content (AvgIpc) is 3.21. The summed E-state index contributed by atoms with van der Waals surface area (Å²) in [4.78, 5) is -2.72. The summed E-state index contributed by atoms with van der Waals surface area (Å²) in [6.07, 6.45) is 0. The zero-order chi connectivity index (χ0) is 44.7. The summed E-state index contributed by atoms with van der Waals surface area (Å²) < 4.78 is 120. The predicted molar refractivity (Wildman–Crippen MR) is 223 cm³/mol. The number of aromatic hydroxyl groups is 2. The summed E-state index contributed by atoms with van der Waals surface area (Å²) in [7, 11) is -13.0. The maximum atomic E-state index is 12.4. The number of para-hydroxylation sites is 1. The second-order valence-electron chi connectivity index (χ2n) is 13.2. The molecule has 5 N–H and O–H groups in total. The number of nitrogens with zero attached hydrogens (tertiary/aromatic N) is 4. The van der Waals surface area contributed by atoms with Gasteiger partial charge in [0.1, 0.15) is 64.6 Å². The Kier molecular flexibility index (Phi) is 17.4. The molecule has 0 atom stereocenters. The largest absolute Gasteiger partial charge is 1.00 e. The molecule has 0 aromatic heterocycles. The van der Waals surface area contributed by atoms with E-state index in [0.717, 1.165) is 23.9 Å². The zero-order valence-corrected chi connectivity index (χ0v) is 43.3. The maximum absolute atomic E-state index is 12.4. The third kappa shape index (κ3) is 11.7. The van der Waals surface area contributed by atoms with Crippen LogP contribution >= 0.6 is 0 Å². The first-order valence-corrected chi connectivity index (χ1v) is 21.8. The van der Waals surface area contributed by atoms with Crippen LogP contribution in [0.25, 0.3) is 32.7 Å². The van der Waals surface area contributed by atoms with Gasteiger partial charge in [0.25, 0.3) is 0 Å². The minimum absolute atomic E-state index is 0. The molecule has 0 saturated carbocycles. The molecule has 0 fully saturated rings. The molecule has 0 amide bonds. The van der Waals surface area contributed by atoms with Crippen LogP contribution in [-0.2, 0) is 30.4 Å². The minimum Gasteiger partial charge on any atom is -0.744 e. The third-order valence-electron chi connectivity index (χ3n) is 9.30. The molecule has 65 heavy (non-hydrogen) atoms. The Labute approximate surface area is 437 Å². The summed E-state index contributed by atoms with van der Waals surface area (Å²) in [5.41, 5.74) is 6.48. The van der Waals surface area contributed by atoms with Crippen molar-refractivity contribution in [3.05, 3.63) is 109 Å². The van der Waals surface area contributed by atoms with Crippen molar-refractivity contribution in [3.63, 3.8) is 0 Å². The number of ether oxygens (including phenoxy) is 2. The second-order valence-corrected chi connectivity index (χ2v) is 17.3. The molecular formula is C40H29N6Na3O13S3. The summed E-state index contributed by atoms with van der Waals surface area (Å²) >= 11 is 0. The summed E-state index contributed by atoms with van der Waals surface area (Å²) in [6.45, 7) is 0. The molecule has 7 aromatic rings. The number of nitrogen functional groups attached to an aromatic ring is 1. The van der Waals surface area contributed by atoms with Crippen molar-refractivity contribution < 1.29 is 147 Å². The van der Waals surface area contributed by atoms with Crippen molar-refractivity contribution >= 4 is 91.7 Å². The first-order chi connectivity index (χ1) is 29.3. The molecule has 25 heteroatoms. The molecule has 0 aliphatic heterocycles. The predicted octanol–water partition coefficient (Wildman–Crippen LogP) is -1.03. The van der Waals surface area contributed by atoms with E-state index in [1.807, 2.05) is 30.3 Å². The number of methoxy groups -OCH3 is 2. The van der Waals surface area contributed by atoms with E-state index >= 15 is 0 Å². The number of fused-ring (bicyclic) bond motifs is 2. The van der Waals surface area contributed by atoms with Gasteiger partial charge in [-0.1, -0.05) is 30.3 Å². The van der Waals surface area contributed by atoms with Crippen molar-refractivity contribution in [2.75, 3.05) is 25.3 Å². The normalized spacial score (nSPS) is 11.8. The number of benzene rings is 7. The maximum Gasteiger partial charge on any atom is 1.00 e. The first-order valence-electron chi connectivity index (χ1n) is 17.6. The number of nitrogens with two attached hydrogens (primary N) is 1. The van der Waals surface area contributed by atoms with E-state index in [0.29, 0.717) is 22.9 Å². The van der Waals surface area contributed by atoms with Crippen LogP contribution in [0.4, 0.5) is 39.8 Å². The van der Waals surface area contributed by atoms with Gasteiger partial charge in [-0.25, -0.2) is 25.3 Å². The molecule has 0 unspecified atom stereocenters. The topological polar surface area (TPSA) is 318 Å². The fourth-order valence-corrected chi connectivity index (χ4v) is 8.25. The minimum atomic E-state index is -5.38. The second kappa shape index (κ2) is 21.2. The van der Waals surface area contributed by atoms with E-state index in [1.54, 1.807) is 30.3 Å². The Morgan fingerprint density at radius 1 is 0.554 bits per heavy atom. The van der Waals surface area contributed by atoms with E-state index in [2.05, 4.69) is 25.8 Å². The number of phenolic OH excluding ortho intramolecular Hbond substituents is 2. The standard InChI is InChI=1S/C40H32N6O13S3.3Na/c1-58-32-16-21(8-12-30(32)43-45-37-34(61(52,53)54)18-23-14-26(10-11-28(23)39(37)47)42-25-6-4-3-5-7-25)22-9-13-31(33(17-22)59-2)44-46-38-35(62(55,56)57)19-24-15-27(60(49,50)51)20-29(41)36(24)40(38)48;;;/h3-20,42,47-48H,41H2,1-2H3,(H,49,50,51)(H,52,53,54)(H,55,56,57);;;/q;3*+1/p-3. The van der Waals surface area contributed by atoms with Gasteiger partial charge in [-0.05, 0) is 101 Å². The van der Waals surface area contributed by atoms with Crippen molar-refractivity contribution in [3.8, 4) is 34.1 Å². The van der Waals surface area contributed by atoms with Gasteiger partial charge >= 0.3 is 88.7 Å². The molecule has 19 nitrogen and oxygen atoms in total. The molecule has 0 heterocycles. The monoisotopic (exact) mass is 966 g/mol. The third-order valence-corrected chi connectivity index (χ3v) is 11.8. The molecule has 0 saturated heterocycles. The van der Waals surface area contributed by atoms with Gasteiger partial charge in [0.15, 0.2) is 11.5 Å². The first kappa shape index (κ1) is 53.4. The van der Waals surface area contributed by atoms with Gasteiger partial charge in [0.05, 0.1) is 28.9 Å². The van der Waals surface area contributed by atoms with Crippen LogP contribution in [0.5, 0.6) is 23.0 Å². The molecule has 7 rings (SSSR count). The van der Waals surface area contributed by atoms with E-state index in [4.69, 9.17) is 15.2 Å². The Morgan fingerprint density at radius 3 is 1.55 bits per heavy atom. The van der Waals surface area contributed by atoms with Gasteiger partial charge in [0, 0.05) is 27.8 Å². The number of anilines is 3. The van der Waals surface area contributed by atoms with E-state index in [-0.39, 0.29) is 133 Å². The molecule has 0 spiro atoms. The van der Waals surface area contributed by atoms with Gasteiger partial charge in [-0.3, -0.25) is 0 Å². The molecule has 7 aromatic carbocycles. The number of nitrogens with one attached hydrogen (secondary N) is 1. The number of azo groups is 2. The fraction of sp³-hybridized carbons (Fsp3) is 0.0500. The van der Waals surface area contributed by atoms with Gasteiger partial charge in [-0.2, -0.15) is 0 Å². The SMILES string of the molecule is COc1cc(-c2ccc(N=Nc3c(S(=O)(=O)[O-])cc4cc(S(=O)(=O)[O-])cc(N)c4c3O)c(OC)c2)ccc1N=Nc1c(S(=O)(=O)[O-])cc2cc(Nc3ccccc3)ccc2c1O.[Na+].[Na+].[Na+]. The molecule has 0 aliphatic carbocycles. The van der Waals surface area contributed by atoms with Crippen molar-refractivity contribution in [1.29, 1.82) is 0 Å². The van der Waals surface area contributed by atoms with E-state index in [9.17, 15) is 49.1 Å². The van der Waals surface area contributed by atoms with Crippen LogP contribution in [0.1, 0.15) is 0 Å². The Morgan fingerprint density at radius 2 is 1.06 bits per heavy atom. The number of phenols is 2. The quantitative estimate of drug-likeness (QED) is 0.0493. The Bertz CT molecular complexity index is 3380. The van der Waals surface area contributed by atoms with Crippen molar-refractivity contribution in [1.82, 2.24) is 0 Å². The Hall–Kier alpha value is -4.21. The summed E-state index contributed by atoms with van der Waals surface area (Å²) in [6, 6.07) is 26.3. The van der Waals surface area contributed by atoms with Crippen LogP contribution in [0.15, 0.2) is 144 Å². The van der Waals surface area contributed by atoms with Crippen molar-refractivity contribution in [2.24, 2.45) is 20.5 Å². The molecule has 318 valence electrons. The van der Waals surface area contributed by atoms with Crippen LogP contribution < -0.4 is 109 Å². The van der Waals surface area contributed by atoms with Gasteiger partial charge in [0.2, 0.25) is 0 Å². The molecule has 0 radical (unpaired) electrons.